The third kappa shape index (κ3) is 4.73. The van der Waals surface area contributed by atoms with Crippen LogP contribution < -0.4 is 16.0 Å². The number of nitrogens with one attached hydrogen (secondary N) is 3. The third-order valence-electron chi connectivity index (χ3n) is 3.30. The first-order valence-corrected chi connectivity index (χ1v) is 6.53. The molecule has 0 saturated heterocycles. The van der Waals surface area contributed by atoms with E-state index in [0.29, 0.717) is 18.6 Å². The molecule has 0 aromatic rings. The van der Waals surface area contributed by atoms with Gasteiger partial charge in [-0.3, -0.25) is 9.59 Å². The van der Waals surface area contributed by atoms with E-state index in [0.717, 1.165) is 25.7 Å². The molecule has 2 amide bonds. The van der Waals surface area contributed by atoms with Crippen molar-refractivity contribution in [1.82, 2.24) is 16.0 Å². The van der Waals surface area contributed by atoms with Crippen LogP contribution in [0.1, 0.15) is 38.5 Å². The average Bonchev–Trinajstić information content (AvgIpc) is 2.96. The van der Waals surface area contributed by atoms with Gasteiger partial charge in [-0.05, 0) is 25.7 Å². The summed E-state index contributed by atoms with van der Waals surface area (Å²) in [5, 5.41) is 8.67. The summed E-state index contributed by atoms with van der Waals surface area (Å²) in [4.78, 5) is 22.8. The fourth-order valence-electron chi connectivity index (χ4n) is 2.11. The van der Waals surface area contributed by atoms with E-state index >= 15 is 0 Å². The molecule has 0 radical (unpaired) electrons. The lowest BCUT2D eigenvalue weighted by Crippen LogP contribution is -2.42. The summed E-state index contributed by atoms with van der Waals surface area (Å²) < 4.78 is 0. The van der Waals surface area contributed by atoms with Crippen molar-refractivity contribution in [3.05, 3.63) is 0 Å². The van der Waals surface area contributed by atoms with Crippen molar-refractivity contribution in [2.75, 3.05) is 13.1 Å². The van der Waals surface area contributed by atoms with Crippen LogP contribution >= 0.6 is 0 Å². The Kier molecular flexibility index (Phi) is 4.36. The van der Waals surface area contributed by atoms with Gasteiger partial charge in [0.15, 0.2) is 0 Å². The van der Waals surface area contributed by atoms with Crippen LogP contribution in [0.25, 0.3) is 0 Å². The van der Waals surface area contributed by atoms with Crippen LogP contribution in [-0.2, 0) is 9.59 Å². The third-order valence-corrected chi connectivity index (χ3v) is 3.30. The smallest absolute Gasteiger partial charge is 0.239 e. The van der Waals surface area contributed by atoms with Crippen molar-refractivity contribution in [2.45, 2.75) is 50.6 Å². The molecule has 3 N–H and O–H groups in total. The van der Waals surface area contributed by atoms with E-state index in [4.69, 9.17) is 0 Å². The van der Waals surface area contributed by atoms with Crippen molar-refractivity contribution in [1.29, 1.82) is 0 Å². The second-order valence-electron chi connectivity index (χ2n) is 4.98. The highest BCUT2D eigenvalue weighted by atomic mass is 16.2. The van der Waals surface area contributed by atoms with Gasteiger partial charge in [0.1, 0.15) is 0 Å². The van der Waals surface area contributed by atoms with Crippen molar-refractivity contribution >= 4 is 11.8 Å². The quantitative estimate of drug-likeness (QED) is 0.607. The van der Waals surface area contributed by atoms with Gasteiger partial charge in [0.05, 0.1) is 13.1 Å². The molecule has 2 saturated carbocycles. The molecular weight excluding hydrogens is 218 g/mol. The fourth-order valence-corrected chi connectivity index (χ4v) is 2.11. The van der Waals surface area contributed by atoms with Crippen LogP contribution in [0.15, 0.2) is 0 Å². The molecule has 0 aromatic heterocycles. The first-order chi connectivity index (χ1) is 8.24. The summed E-state index contributed by atoms with van der Waals surface area (Å²) in [6, 6.07) is 0.844. The summed E-state index contributed by atoms with van der Waals surface area (Å²) in [7, 11) is 0. The maximum atomic E-state index is 11.5. The number of hydrogen-bond acceptors (Lipinski definition) is 3. The van der Waals surface area contributed by atoms with Gasteiger partial charge in [-0.1, -0.05) is 12.8 Å². The lowest BCUT2D eigenvalue weighted by atomic mass is 10.2. The van der Waals surface area contributed by atoms with E-state index in [1.807, 2.05) is 0 Å². The number of amides is 2. The Bertz CT molecular complexity index is 283. The van der Waals surface area contributed by atoms with Gasteiger partial charge in [0.25, 0.3) is 0 Å². The van der Waals surface area contributed by atoms with Crippen molar-refractivity contribution < 1.29 is 9.59 Å². The molecule has 0 bridgehead atoms. The molecule has 0 aromatic carbocycles. The molecule has 17 heavy (non-hydrogen) atoms. The molecule has 5 heteroatoms. The van der Waals surface area contributed by atoms with Crippen LogP contribution in [0, 0.1) is 0 Å². The van der Waals surface area contributed by atoms with Crippen LogP contribution in [-0.4, -0.2) is 37.0 Å². The standard InChI is InChI=1S/C12H21N3O2/c16-11(7-13-9-3-1-2-4-9)14-8-12(17)15-10-5-6-10/h9-10,13H,1-8H2,(H,14,16)(H,15,17). The van der Waals surface area contributed by atoms with Gasteiger partial charge >= 0.3 is 0 Å². The minimum absolute atomic E-state index is 0.0817. The predicted molar refractivity (Wildman–Crippen MR) is 64.4 cm³/mol. The van der Waals surface area contributed by atoms with Crippen LogP contribution in [0.4, 0.5) is 0 Å². The van der Waals surface area contributed by atoms with Crippen LogP contribution in [0.5, 0.6) is 0 Å². The molecule has 96 valence electrons. The normalized spacial score (nSPS) is 20.2. The van der Waals surface area contributed by atoms with E-state index in [9.17, 15) is 9.59 Å². The molecule has 2 rings (SSSR count). The van der Waals surface area contributed by atoms with E-state index in [2.05, 4.69) is 16.0 Å². The molecule has 0 unspecified atom stereocenters. The zero-order valence-electron chi connectivity index (χ0n) is 10.1. The predicted octanol–water partition coefficient (Wildman–Crippen LogP) is -0.0866. The Morgan fingerprint density at radius 3 is 2.24 bits per heavy atom. The SMILES string of the molecule is O=C(CNC1CCCC1)NCC(=O)NC1CC1. The van der Waals surface area contributed by atoms with Gasteiger partial charge < -0.3 is 16.0 Å². The Hall–Kier alpha value is -1.10. The average molecular weight is 239 g/mol. The Morgan fingerprint density at radius 2 is 1.59 bits per heavy atom. The Labute approximate surface area is 102 Å². The Balaban J connectivity index is 1.51. The summed E-state index contributed by atoms with van der Waals surface area (Å²) in [5.41, 5.74) is 0. The molecule has 0 atom stereocenters. The summed E-state index contributed by atoms with van der Waals surface area (Å²) >= 11 is 0. The first kappa shape index (κ1) is 12.4. The lowest BCUT2D eigenvalue weighted by Gasteiger charge is -2.11. The number of rotatable bonds is 6. The molecule has 0 aliphatic heterocycles. The molecular formula is C12H21N3O2. The van der Waals surface area contributed by atoms with Gasteiger partial charge in [0, 0.05) is 12.1 Å². The van der Waals surface area contributed by atoms with Gasteiger partial charge in [-0.15, -0.1) is 0 Å². The maximum absolute atomic E-state index is 11.5. The molecule has 5 nitrogen and oxygen atoms in total. The minimum Gasteiger partial charge on any atom is -0.352 e. The summed E-state index contributed by atoms with van der Waals surface area (Å²) in [6.45, 7) is 0.420. The van der Waals surface area contributed by atoms with Crippen molar-refractivity contribution in [2.24, 2.45) is 0 Å². The zero-order valence-corrected chi connectivity index (χ0v) is 10.1. The molecule has 0 spiro atoms. The van der Waals surface area contributed by atoms with Crippen molar-refractivity contribution in [3.8, 4) is 0 Å². The number of carbonyl (C=O) groups excluding carboxylic acids is 2. The fraction of sp³-hybridized carbons (Fsp3) is 0.833. The van der Waals surface area contributed by atoms with Crippen molar-refractivity contribution in [3.63, 3.8) is 0 Å². The van der Waals surface area contributed by atoms with E-state index in [1.165, 1.54) is 12.8 Å². The summed E-state index contributed by atoms with van der Waals surface area (Å²) in [6.07, 6.45) is 6.98. The monoisotopic (exact) mass is 239 g/mol. The topological polar surface area (TPSA) is 70.2 Å². The van der Waals surface area contributed by atoms with Gasteiger partial charge in [0.2, 0.25) is 11.8 Å². The molecule has 0 heterocycles. The molecule has 2 fully saturated rings. The van der Waals surface area contributed by atoms with E-state index in [-0.39, 0.29) is 18.4 Å². The van der Waals surface area contributed by atoms with Gasteiger partial charge in [-0.25, -0.2) is 0 Å². The molecule has 2 aliphatic carbocycles. The highest BCUT2D eigenvalue weighted by molar-refractivity contribution is 5.85. The highest BCUT2D eigenvalue weighted by Crippen LogP contribution is 2.18. The molecule has 2 aliphatic rings. The Morgan fingerprint density at radius 1 is 0.882 bits per heavy atom. The van der Waals surface area contributed by atoms with Crippen LogP contribution in [0.3, 0.4) is 0 Å². The number of hydrogen-bond donors (Lipinski definition) is 3. The first-order valence-electron chi connectivity index (χ1n) is 6.53. The second-order valence-corrected chi connectivity index (χ2v) is 4.98. The lowest BCUT2D eigenvalue weighted by molar-refractivity contribution is -0.125. The number of carbonyl (C=O) groups is 2. The van der Waals surface area contributed by atoms with Crippen LogP contribution in [0.2, 0.25) is 0 Å². The highest BCUT2D eigenvalue weighted by Gasteiger charge is 2.23. The summed E-state index contributed by atoms with van der Waals surface area (Å²) in [5.74, 6) is -0.176. The second kappa shape index (κ2) is 6.00. The minimum atomic E-state index is -0.0946. The van der Waals surface area contributed by atoms with E-state index < -0.39 is 0 Å². The van der Waals surface area contributed by atoms with E-state index in [1.54, 1.807) is 0 Å². The maximum Gasteiger partial charge on any atom is 0.239 e. The van der Waals surface area contributed by atoms with Gasteiger partial charge in [-0.2, -0.15) is 0 Å². The zero-order chi connectivity index (χ0) is 12.1. The largest absolute Gasteiger partial charge is 0.352 e.